The van der Waals surface area contributed by atoms with Crippen LogP contribution in [0.1, 0.15) is 0 Å². The average molecular weight is 263 g/mol. The van der Waals surface area contributed by atoms with Crippen molar-refractivity contribution in [3.63, 3.8) is 0 Å². The van der Waals surface area contributed by atoms with E-state index in [1.807, 2.05) is 0 Å². The summed E-state index contributed by atoms with van der Waals surface area (Å²) in [6, 6.07) is 0. The molecule has 7 heteroatoms. The zero-order chi connectivity index (χ0) is 10.6. The Kier molecular flexibility index (Phi) is 4.05. The van der Waals surface area contributed by atoms with E-state index in [0.717, 1.165) is 0 Å². The summed E-state index contributed by atoms with van der Waals surface area (Å²) in [6.45, 7) is 1.44. The molecule has 6 nitrogen and oxygen atoms in total. The topological polar surface area (TPSA) is 92.9 Å². The van der Waals surface area contributed by atoms with Crippen molar-refractivity contribution in [2.45, 2.75) is 6.67 Å². The molecule has 4 N–H and O–H groups in total. The summed E-state index contributed by atoms with van der Waals surface area (Å²) >= 11 is 3.03. The Morgan fingerprint density at radius 2 is 2.29 bits per heavy atom. The van der Waals surface area contributed by atoms with Gasteiger partial charge in [-0.15, -0.1) is 0 Å². The number of H-pyrrole nitrogens is 1. The van der Waals surface area contributed by atoms with Crippen molar-refractivity contribution in [1.82, 2.24) is 14.9 Å². The van der Waals surface area contributed by atoms with Crippen LogP contribution < -0.4 is 22.3 Å². The van der Waals surface area contributed by atoms with Gasteiger partial charge in [0.05, 0.1) is 11.1 Å². The molecule has 78 valence electrons. The Labute approximate surface area is 88.3 Å². The number of rotatable bonds is 4. The van der Waals surface area contributed by atoms with Gasteiger partial charge in [-0.25, -0.2) is 4.79 Å². The number of aromatic amines is 1. The third-order valence-corrected chi connectivity index (χ3v) is 2.14. The van der Waals surface area contributed by atoms with Gasteiger partial charge in [-0.3, -0.25) is 19.7 Å². The van der Waals surface area contributed by atoms with E-state index in [1.54, 1.807) is 0 Å². The number of halogens is 1. The van der Waals surface area contributed by atoms with E-state index in [1.165, 1.54) is 10.8 Å². The van der Waals surface area contributed by atoms with Crippen LogP contribution in [0.3, 0.4) is 0 Å². The van der Waals surface area contributed by atoms with E-state index in [-0.39, 0.29) is 0 Å². The van der Waals surface area contributed by atoms with E-state index < -0.39 is 11.2 Å². The molecule has 1 aromatic heterocycles. The van der Waals surface area contributed by atoms with Crippen molar-refractivity contribution in [2.24, 2.45) is 5.73 Å². The highest BCUT2D eigenvalue weighted by Gasteiger charge is 2.00. The zero-order valence-corrected chi connectivity index (χ0v) is 9.00. The smallest absolute Gasteiger partial charge is 0.329 e. The maximum absolute atomic E-state index is 11.2. The second kappa shape index (κ2) is 5.08. The molecule has 0 fully saturated rings. The Hall–Kier alpha value is -0.920. The van der Waals surface area contributed by atoms with E-state index in [2.05, 4.69) is 26.2 Å². The summed E-state index contributed by atoms with van der Waals surface area (Å²) in [4.78, 5) is 24.3. The molecule has 0 aliphatic rings. The minimum absolute atomic E-state index is 0.325. The normalized spacial score (nSPS) is 10.4. The van der Waals surface area contributed by atoms with Gasteiger partial charge in [0, 0.05) is 19.3 Å². The Bertz CT molecular complexity index is 411. The lowest BCUT2D eigenvalue weighted by atomic mass is 10.6. The highest BCUT2D eigenvalue weighted by atomic mass is 79.9. The maximum Gasteiger partial charge on any atom is 0.329 e. The van der Waals surface area contributed by atoms with Gasteiger partial charge in [-0.1, -0.05) is 0 Å². The summed E-state index contributed by atoms with van der Waals surface area (Å²) in [7, 11) is 0. The van der Waals surface area contributed by atoms with Crippen molar-refractivity contribution >= 4 is 15.9 Å². The Morgan fingerprint density at radius 1 is 1.57 bits per heavy atom. The van der Waals surface area contributed by atoms with Crippen molar-refractivity contribution < 1.29 is 0 Å². The third-order valence-electron chi connectivity index (χ3n) is 1.57. The van der Waals surface area contributed by atoms with Crippen LogP contribution in [0.2, 0.25) is 0 Å². The first-order valence-corrected chi connectivity index (χ1v) is 4.84. The van der Waals surface area contributed by atoms with Crippen molar-refractivity contribution in [3.05, 3.63) is 31.5 Å². The summed E-state index contributed by atoms with van der Waals surface area (Å²) in [5.41, 5.74) is 4.40. The summed E-state index contributed by atoms with van der Waals surface area (Å²) in [5, 5.41) is 2.93. The number of hydrogen-bond acceptors (Lipinski definition) is 4. The lowest BCUT2D eigenvalue weighted by Crippen LogP contribution is -2.35. The Morgan fingerprint density at radius 3 is 2.93 bits per heavy atom. The van der Waals surface area contributed by atoms with Gasteiger partial charge in [-0.05, 0) is 15.9 Å². The average Bonchev–Trinajstić information content (AvgIpc) is 2.14. The SMILES string of the molecule is NCCNCn1cc(Br)c(=O)[nH]c1=O. The molecule has 0 saturated carbocycles. The zero-order valence-electron chi connectivity index (χ0n) is 7.42. The molecule has 0 saturated heterocycles. The number of nitrogens with two attached hydrogens (primary N) is 1. The van der Waals surface area contributed by atoms with E-state index in [0.29, 0.717) is 24.2 Å². The van der Waals surface area contributed by atoms with Crippen molar-refractivity contribution in [1.29, 1.82) is 0 Å². The molecule has 0 aliphatic heterocycles. The standard InChI is InChI=1S/C7H11BrN4O2/c8-5-3-12(4-10-2-1-9)7(14)11-6(5)13/h3,10H,1-2,4,9H2,(H,11,13,14). The van der Waals surface area contributed by atoms with Crippen LogP contribution in [0.15, 0.2) is 20.3 Å². The van der Waals surface area contributed by atoms with Gasteiger partial charge in [0.2, 0.25) is 0 Å². The third kappa shape index (κ3) is 2.79. The maximum atomic E-state index is 11.2. The molecule has 0 unspecified atom stereocenters. The molecule has 0 atom stereocenters. The minimum atomic E-state index is -0.442. The predicted octanol–water partition coefficient (Wildman–Crippen LogP) is -1.20. The van der Waals surface area contributed by atoms with Crippen LogP contribution in [0.4, 0.5) is 0 Å². The van der Waals surface area contributed by atoms with Gasteiger partial charge in [0.15, 0.2) is 0 Å². The number of hydrogen-bond donors (Lipinski definition) is 3. The molecule has 0 amide bonds. The first-order valence-electron chi connectivity index (χ1n) is 4.05. The molecule has 0 bridgehead atoms. The fraction of sp³-hybridized carbons (Fsp3) is 0.429. The molecular formula is C7H11BrN4O2. The van der Waals surface area contributed by atoms with Gasteiger partial charge in [-0.2, -0.15) is 0 Å². The number of nitrogens with one attached hydrogen (secondary N) is 2. The fourth-order valence-electron chi connectivity index (χ4n) is 0.902. The molecule has 1 aromatic rings. The molecule has 0 spiro atoms. The first kappa shape index (κ1) is 11.2. The van der Waals surface area contributed by atoms with Crippen LogP contribution in [-0.2, 0) is 6.67 Å². The molecule has 0 aliphatic carbocycles. The highest BCUT2D eigenvalue weighted by Crippen LogP contribution is 1.96. The summed E-state index contributed by atoms with van der Waals surface area (Å²) in [5.74, 6) is 0. The first-order chi connectivity index (χ1) is 6.65. The second-order valence-corrected chi connectivity index (χ2v) is 3.51. The summed E-state index contributed by atoms with van der Waals surface area (Å²) < 4.78 is 1.67. The van der Waals surface area contributed by atoms with Crippen molar-refractivity contribution in [2.75, 3.05) is 13.1 Å². The number of aromatic nitrogens is 2. The van der Waals surface area contributed by atoms with E-state index in [9.17, 15) is 9.59 Å². The molecule has 1 rings (SSSR count). The largest absolute Gasteiger partial charge is 0.329 e. The molecule has 1 heterocycles. The van der Waals surface area contributed by atoms with Crippen LogP contribution in [-0.4, -0.2) is 22.6 Å². The fourth-order valence-corrected chi connectivity index (χ4v) is 1.25. The van der Waals surface area contributed by atoms with Gasteiger partial charge in [0.25, 0.3) is 5.56 Å². The van der Waals surface area contributed by atoms with Crippen LogP contribution in [0.25, 0.3) is 0 Å². The lowest BCUT2D eigenvalue weighted by Gasteiger charge is -2.05. The van der Waals surface area contributed by atoms with Gasteiger partial charge < -0.3 is 5.73 Å². The van der Waals surface area contributed by atoms with Crippen molar-refractivity contribution in [3.8, 4) is 0 Å². The summed E-state index contributed by atoms with van der Waals surface area (Å²) in [6.07, 6.45) is 1.44. The quantitative estimate of drug-likeness (QED) is 0.595. The highest BCUT2D eigenvalue weighted by molar-refractivity contribution is 9.10. The molecule has 0 radical (unpaired) electrons. The molecule has 14 heavy (non-hydrogen) atoms. The van der Waals surface area contributed by atoms with Crippen LogP contribution >= 0.6 is 15.9 Å². The van der Waals surface area contributed by atoms with E-state index >= 15 is 0 Å². The minimum Gasteiger partial charge on any atom is -0.329 e. The molecular weight excluding hydrogens is 252 g/mol. The predicted molar refractivity (Wildman–Crippen MR) is 56.1 cm³/mol. The van der Waals surface area contributed by atoms with Crippen LogP contribution in [0.5, 0.6) is 0 Å². The lowest BCUT2D eigenvalue weighted by molar-refractivity contribution is 0.537. The van der Waals surface area contributed by atoms with Crippen LogP contribution in [0, 0.1) is 0 Å². The van der Waals surface area contributed by atoms with Gasteiger partial charge in [0.1, 0.15) is 0 Å². The van der Waals surface area contributed by atoms with Gasteiger partial charge >= 0.3 is 5.69 Å². The second-order valence-electron chi connectivity index (χ2n) is 2.65. The molecule has 0 aromatic carbocycles. The monoisotopic (exact) mass is 262 g/mol. The Balaban J connectivity index is 2.82. The number of nitrogens with zero attached hydrogens (tertiary/aromatic N) is 1. The van der Waals surface area contributed by atoms with E-state index in [4.69, 9.17) is 5.73 Å².